The lowest BCUT2D eigenvalue weighted by molar-refractivity contribution is 0.150. The first-order valence-electron chi connectivity index (χ1n) is 6.57. The van der Waals surface area contributed by atoms with Gasteiger partial charge in [0.2, 0.25) is 0 Å². The van der Waals surface area contributed by atoms with Gasteiger partial charge < -0.3 is 9.84 Å². The molecular weight excluding hydrogens is 212 g/mol. The fraction of sp³-hybridized carbons (Fsp3) is 0.600. The van der Waals surface area contributed by atoms with Gasteiger partial charge in [-0.05, 0) is 43.4 Å². The molecule has 0 aliphatic carbocycles. The minimum Gasteiger partial charge on any atom is -0.497 e. The van der Waals surface area contributed by atoms with Crippen molar-refractivity contribution in [3.63, 3.8) is 0 Å². The molecule has 2 nitrogen and oxygen atoms in total. The smallest absolute Gasteiger partial charge is 0.118 e. The Hall–Kier alpha value is -1.02. The zero-order valence-corrected chi connectivity index (χ0v) is 11.0. The maximum Gasteiger partial charge on any atom is 0.118 e. The van der Waals surface area contributed by atoms with Crippen molar-refractivity contribution >= 4 is 0 Å². The largest absolute Gasteiger partial charge is 0.497 e. The molecular formula is C15H24O2. The van der Waals surface area contributed by atoms with E-state index in [1.54, 1.807) is 7.11 Å². The van der Waals surface area contributed by atoms with Crippen LogP contribution in [-0.2, 0) is 6.42 Å². The molecule has 96 valence electrons. The topological polar surface area (TPSA) is 29.5 Å². The molecule has 0 amide bonds. The predicted molar refractivity (Wildman–Crippen MR) is 71.5 cm³/mol. The fourth-order valence-corrected chi connectivity index (χ4v) is 1.98. The number of unbranched alkanes of at least 4 members (excludes halogenated alkanes) is 1. The van der Waals surface area contributed by atoms with Crippen LogP contribution in [-0.4, -0.2) is 18.3 Å². The lowest BCUT2D eigenvalue weighted by Gasteiger charge is -2.08. The Morgan fingerprint density at radius 3 is 2.41 bits per heavy atom. The van der Waals surface area contributed by atoms with E-state index in [2.05, 4.69) is 19.1 Å². The third kappa shape index (κ3) is 5.73. The second kappa shape index (κ2) is 8.13. The Labute approximate surface area is 105 Å². The van der Waals surface area contributed by atoms with Gasteiger partial charge in [0, 0.05) is 0 Å². The van der Waals surface area contributed by atoms with Crippen LogP contribution in [0.25, 0.3) is 0 Å². The summed E-state index contributed by atoms with van der Waals surface area (Å²) < 4.78 is 5.12. The van der Waals surface area contributed by atoms with E-state index in [9.17, 15) is 5.11 Å². The van der Waals surface area contributed by atoms with Gasteiger partial charge >= 0.3 is 0 Å². The quantitative estimate of drug-likeness (QED) is 0.699. The van der Waals surface area contributed by atoms with Gasteiger partial charge in [0.25, 0.3) is 0 Å². The molecule has 0 spiro atoms. The highest BCUT2D eigenvalue weighted by Crippen LogP contribution is 2.14. The molecule has 0 saturated carbocycles. The van der Waals surface area contributed by atoms with Gasteiger partial charge in [-0.25, -0.2) is 0 Å². The average Bonchev–Trinajstić information content (AvgIpc) is 2.36. The standard InChI is InChI=1S/C15H24O2/c1-3-6-14(16)8-5-4-7-13-9-11-15(17-2)12-10-13/h9-12,14,16H,3-8H2,1-2H3. The van der Waals surface area contributed by atoms with Gasteiger partial charge in [0.15, 0.2) is 0 Å². The molecule has 0 radical (unpaired) electrons. The number of rotatable bonds is 8. The van der Waals surface area contributed by atoms with E-state index in [4.69, 9.17) is 4.74 Å². The molecule has 1 rings (SSSR count). The third-order valence-corrected chi connectivity index (χ3v) is 3.03. The fourth-order valence-electron chi connectivity index (χ4n) is 1.98. The minimum absolute atomic E-state index is 0.101. The van der Waals surface area contributed by atoms with Gasteiger partial charge in [-0.1, -0.05) is 31.9 Å². The summed E-state index contributed by atoms with van der Waals surface area (Å²) >= 11 is 0. The van der Waals surface area contributed by atoms with Crippen molar-refractivity contribution < 1.29 is 9.84 Å². The van der Waals surface area contributed by atoms with Gasteiger partial charge in [-0.15, -0.1) is 0 Å². The summed E-state index contributed by atoms with van der Waals surface area (Å²) in [4.78, 5) is 0. The Balaban J connectivity index is 2.17. The second-order valence-corrected chi connectivity index (χ2v) is 4.54. The van der Waals surface area contributed by atoms with Crippen LogP contribution < -0.4 is 4.74 Å². The summed E-state index contributed by atoms with van der Waals surface area (Å²) in [5.41, 5.74) is 1.34. The summed E-state index contributed by atoms with van der Waals surface area (Å²) in [5, 5.41) is 9.60. The molecule has 1 unspecified atom stereocenters. The van der Waals surface area contributed by atoms with E-state index in [0.29, 0.717) is 0 Å². The van der Waals surface area contributed by atoms with E-state index in [-0.39, 0.29) is 6.10 Å². The molecule has 0 aliphatic heterocycles. The molecule has 2 heteroatoms. The van der Waals surface area contributed by atoms with Crippen LogP contribution >= 0.6 is 0 Å². The summed E-state index contributed by atoms with van der Waals surface area (Å²) in [6.07, 6.45) is 6.17. The van der Waals surface area contributed by atoms with Crippen molar-refractivity contribution in [2.24, 2.45) is 0 Å². The molecule has 1 N–H and O–H groups in total. The van der Waals surface area contributed by atoms with E-state index in [1.807, 2.05) is 12.1 Å². The van der Waals surface area contributed by atoms with Crippen LogP contribution in [0.15, 0.2) is 24.3 Å². The van der Waals surface area contributed by atoms with E-state index < -0.39 is 0 Å². The number of hydrogen-bond acceptors (Lipinski definition) is 2. The Kier molecular flexibility index (Phi) is 6.71. The van der Waals surface area contributed by atoms with Crippen LogP contribution in [0.4, 0.5) is 0 Å². The normalized spacial score (nSPS) is 12.4. The van der Waals surface area contributed by atoms with Crippen molar-refractivity contribution in [1.82, 2.24) is 0 Å². The Morgan fingerprint density at radius 1 is 1.12 bits per heavy atom. The number of methoxy groups -OCH3 is 1. The van der Waals surface area contributed by atoms with E-state index in [1.165, 1.54) is 5.56 Å². The van der Waals surface area contributed by atoms with Crippen LogP contribution in [0.3, 0.4) is 0 Å². The first-order valence-corrected chi connectivity index (χ1v) is 6.57. The van der Waals surface area contributed by atoms with Crippen molar-refractivity contribution in [2.45, 2.75) is 51.6 Å². The minimum atomic E-state index is -0.101. The SMILES string of the molecule is CCCC(O)CCCCc1ccc(OC)cc1. The van der Waals surface area contributed by atoms with Crippen LogP contribution in [0.1, 0.15) is 44.6 Å². The van der Waals surface area contributed by atoms with E-state index >= 15 is 0 Å². The number of ether oxygens (including phenoxy) is 1. The summed E-state index contributed by atoms with van der Waals surface area (Å²) in [5.74, 6) is 0.909. The second-order valence-electron chi connectivity index (χ2n) is 4.54. The molecule has 0 aromatic heterocycles. The molecule has 1 aromatic rings. The van der Waals surface area contributed by atoms with Crippen LogP contribution in [0.5, 0.6) is 5.75 Å². The highest BCUT2D eigenvalue weighted by Gasteiger charge is 2.02. The molecule has 0 saturated heterocycles. The summed E-state index contributed by atoms with van der Waals surface area (Å²) in [6, 6.07) is 8.23. The summed E-state index contributed by atoms with van der Waals surface area (Å²) in [6.45, 7) is 2.11. The Morgan fingerprint density at radius 2 is 1.82 bits per heavy atom. The zero-order chi connectivity index (χ0) is 12.5. The van der Waals surface area contributed by atoms with E-state index in [0.717, 1.165) is 44.3 Å². The lowest BCUT2D eigenvalue weighted by atomic mass is 10.0. The molecule has 1 atom stereocenters. The summed E-state index contributed by atoms with van der Waals surface area (Å²) in [7, 11) is 1.68. The molecule has 0 aliphatic rings. The van der Waals surface area contributed by atoms with Crippen molar-refractivity contribution in [2.75, 3.05) is 7.11 Å². The molecule has 0 heterocycles. The van der Waals surface area contributed by atoms with Gasteiger partial charge in [0.1, 0.15) is 5.75 Å². The molecule has 0 bridgehead atoms. The molecule has 1 aromatic carbocycles. The predicted octanol–water partition coefficient (Wildman–Crippen LogP) is 3.57. The van der Waals surface area contributed by atoms with Gasteiger partial charge in [0.05, 0.1) is 13.2 Å². The average molecular weight is 236 g/mol. The van der Waals surface area contributed by atoms with Crippen LogP contribution in [0, 0.1) is 0 Å². The Bertz CT molecular complexity index is 292. The lowest BCUT2D eigenvalue weighted by Crippen LogP contribution is -2.05. The van der Waals surface area contributed by atoms with Crippen LogP contribution in [0.2, 0.25) is 0 Å². The number of aliphatic hydroxyl groups excluding tert-OH is 1. The number of aryl methyl sites for hydroxylation is 1. The van der Waals surface area contributed by atoms with Crippen molar-refractivity contribution in [3.8, 4) is 5.75 Å². The zero-order valence-electron chi connectivity index (χ0n) is 11.0. The van der Waals surface area contributed by atoms with Gasteiger partial charge in [-0.2, -0.15) is 0 Å². The maximum atomic E-state index is 9.60. The number of hydrogen-bond donors (Lipinski definition) is 1. The van der Waals surface area contributed by atoms with Crippen molar-refractivity contribution in [1.29, 1.82) is 0 Å². The third-order valence-electron chi connectivity index (χ3n) is 3.03. The molecule has 17 heavy (non-hydrogen) atoms. The van der Waals surface area contributed by atoms with Crippen molar-refractivity contribution in [3.05, 3.63) is 29.8 Å². The highest BCUT2D eigenvalue weighted by atomic mass is 16.5. The first-order chi connectivity index (χ1) is 8.26. The number of aliphatic hydroxyl groups is 1. The first kappa shape index (κ1) is 14.0. The van der Waals surface area contributed by atoms with Gasteiger partial charge in [-0.3, -0.25) is 0 Å². The monoisotopic (exact) mass is 236 g/mol. The highest BCUT2D eigenvalue weighted by molar-refractivity contribution is 5.27. The maximum absolute atomic E-state index is 9.60. The molecule has 0 fully saturated rings. The number of benzene rings is 1.